The molecule has 0 bridgehead atoms. The number of hydrogen-bond acceptors (Lipinski definition) is 4. The van der Waals surface area contributed by atoms with E-state index in [0.29, 0.717) is 12.3 Å². The summed E-state index contributed by atoms with van der Waals surface area (Å²) in [5.74, 6) is -1.30. The molecule has 2 atom stereocenters. The van der Waals surface area contributed by atoms with Crippen LogP contribution in [0.5, 0.6) is 5.75 Å². The number of rotatable bonds is 6. The summed E-state index contributed by atoms with van der Waals surface area (Å²) in [5, 5.41) is 2.55. The molecule has 0 saturated carbocycles. The van der Waals surface area contributed by atoms with Crippen LogP contribution in [0.3, 0.4) is 0 Å². The molecule has 0 radical (unpaired) electrons. The molecule has 0 aromatic heterocycles. The molecule has 9 heteroatoms. The van der Waals surface area contributed by atoms with E-state index >= 15 is 0 Å². The first-order valence-electron chi connectivity index (χ1n) is 10.4. The highest BCUT2D eigenvalue weighted by Crippen LogP contribution is 2.36. The lowest BCUT2D eigenvalue weighted by atomic mass is 10.1. The Balaban J connectivity index is 1.49. The third kappa shape index (κ3) is 5.04. The normalized spacial score (nSPS) is 21.1. The topological polar surface area (TPSA) is 67.9 Å². The highest BCUT2D eigenvalue weighted by Gasteiger charge is 2.36. The molecule has 2 aliphatic heterocycles. The molecule has 6 nitrogen and oxygen atoms in total. The fourth-order valence-electron chi connectivity index (χ4n) is 3.86. The molecule has 2 aromatic carbocycles. The molecule has 32 heavy (non-hydrogen) atoms. The van der Waals surface area contributed by atoms with E-state index in [9.17, 15) is 22.8 Å². The molecule has 2 aliphatic rings. The van der Waals surface area contributed by atoms with Gasteiger partial charge in [-0.25, -0.2) is 0 Å². The van der Waals surface area contributed by atoms with Crippen molar-refractivity contribution in [2.75, 3.05) is 30.0 Å². The Morgan fingerprint density at radius 2 is 1.97 bits per heavy atom. The SMILES string of the molecule is O=C(Nc1cc(C(F)(F)F)ccc1OC[C@H]1CCCO1)[C@H]1CC(=O)N(c2ccccc2)C1. The maximum atomic E-state index is 13.2. The summed E-state index contributed by atoms with van der Waals surface area (Å²) in [6, 6.07) is 11.9. The molecule has 170 valence electrons. The number of carbonyl (C=O) groups excluding carboxylic acids is 2. The minimum absolute atomic E-state index is 0.0220. The largest absolute Gasteiger partial charge is 0.489 e. The first-order chi connectivity index (χ1) is 15.3. The lowest BCUT2D eigenvalue weighted by molar-refractivity contribution is -0.137. The summed E-state index contributed by atoms with van der Waals surface area (Å²) in [4.78, 5) is 26.8. The van der Waals surface area contributed by atoms with Gasteiger partial charge in [0.2, 0.25) is 11.8 Å². The second-order valence-corrected chi connectivity index (χ2v) is 7.88. The smallest absolute Gasteiger partial charge is 0.416 e. The third-order valence-corrected chi connectivity index (χ3v) is 5.58. The predicted molar refractivity (Wildman–Crippen MR) is 111 cm³/mol. The van der Waals surface area contributed by atoms with Crippen LogP contribution in [-0.2, 0) is 20.5 Å². The molecule has 0 unspecified atom stereocenters. The van der Waals surface area contributed by atoms with Gasteiger partial charge >= 0.3 is 6.18 Å². The van der Waals surface area contributed by atoms with Crippen molar-refractivity contribution in [1.29, 1.82) is 0 Å². The van der Waals surface area contributed by atoms with Gasteiger partial charge in [0, 0.05) is 25.3 Å². The number of halogens is 3. The zero-order valence-electron chi connectivity index (χ0n) is 17.2. The Morgan fingerprint density at radius 3 is 2.66 bits per heavy atom. The summed E-state index contributed by atoms with van der Waals surface area (Å²) in [6.45, 7) is 0.954. The summed E-state index contributed by atoms with van der Waals surface area (Å²) >= 11 is 0. The van der Waals surface area contributed by atoms with Crippen LogP contribution >= 0.6 is 0 Å². The molecular formula is C23H23F3N2O4. The van der Waals surface area contributed by atoms with Crippen LogP contribution in [0, 0.1) is 5.92 Å². The first kappa shape index (κ1) is 22.1. The van der Waals surface area contributed by atoms with E-state index < -0.39 is 23.6 Å². The standard InChI is InChI=1S/C23H23F3N2O4/c24-23(25,26)16-8-9-20(32-14-18-7-4-10-31-18)19(12-16)27-22(30)15-11-21(29)28(13-15)17-5-2-1-3-6-17/h1-3,5-6,8-9,12,15,18H,4,7,10-11,13-14H2,(H,27,30)/t15-,18+/m0/s1. The monoisotopic (exact) mass is 448 g/mol. The average molecular weight is 448 g/mol. The number of para-hydroxylation sites is 1. The molecule has 0 aliphatic carbocycles. The molecule has 2 heterocycles. The average Bonchev–Trinajstić information content (AvgIpc) is 3.42. The van der Waals surface area contributed by atoms with Crippen LogP contribution < -0.4 is 15.0 Å². The number of alkyl halides is 3. The van der Waals surface area contributed by atoms with Crippen LogP contribution in [0.2, 0.25) is 0 Å². The molecule has 4 rings (SSSR count). The molecule has 2 saturated heterocycles. The lowest BCUT2D eigenvalue weighted by Crippen LogP contribution is -2.28. The van der Waals surface area contributed by atoms with Gasteiger partial charge in [0.15, 0.2) is 0 Å². The molecular weight excluding hydrogens is 425 g/mol. The zero-order chi connectivity index (χ0) is 22.7. The van der Waals surface area contributed by atoms with E-state index in [1.165, 1.54) is 11.0 Å². The number of benzene rings is 2. The van der Waals surface area contributed by atoms with E-state index in [1.54, 1.807) is 24.3 Å². The molecule has 0 spiro atoms. The van der Waals surface area contributed by atoms with Gasteiger partial charge in [-0.1, -0.05) is 18.2 Å². The Bertz CT molecular complexity index is 975. The van der Waals surface area contributed by atoms with Crippen molar-refractivity contribution < 1.29 is 32.2 Å². The first-order valence-corrected chi connectivity index (χ1v) is 10.4. The van der Waals surface area contributed by atoms with E-state index in [1.807, 2.05) is 6.07 Å². The van der Waals surface area contributed by atoms with Crippen molar-refractivity contribution in [1.82, 2.24) is 0 Å². The van der Waals surface area contributed by atoms with Crippen LogP contribution in [0.15, 0.2) is 48.5 Å². The van der Waals surface area contributed by atoms with Crippen LogP contribution in [-0.4, -0.2) is 37.7 Å². The van der Waals surface area contributed by atoms with Gasteiger partial charge in [0.05, 0.1) is 23.3 Å². The predicted octanol–water partition coefficient (Wildman–Crippen LogP) is 4.25. The lowest BCUT2D eigenvalue weighted by Gasteiger charge is -2.19. The summed E-state index contributed by atoms with van der Waals surface area (Å²) in [6.07, 6.45) is -3.01. The van der Waals surface area contributed by atoms with Crippen LogP contribution in [0.25, 0.3) is 0 Å². The minimum Gasteiger partial charge on any atom is -0.489 e. The van der Waals surface area contributed by atoms with Gasteiger partial charge in [-0.2, -0.15) is 13.2 Å². The fourth-order valence-corrected chi connectivity index (χ4v) is 3.86. The third-order valence-electron chi connectivity index (χ3n) is 5.58. The van der Waals surface area contributed by atoms with E-state index in [0.717, 1.165) is 25.0 Å². The quantitative estimate of drug-likeness (QED) is 0.717. The Hall–Kier alpha value is -3.07. The van der Waals surface area contributed by atoms with Crippen molar-refractivity contribution in [3.05, 3.63) is 54.1 Å². The highest BCUT2D eigenvalue weighted by molar-refractivity contribution is 6.03. The number of nitrogens with one attached hydrogen (secondary N) is 1. The summed E-state index contributed by atoms with van der Waals surface area (Å²) in [5.41, 5.74) is -0.299. The highest BCUT2D eigenvalue weighted by atomic mass is 19.4. The van der Waals surface area contributed by atoms with Crippen molar-refractivity contribution >= 4 is 23.2 Å². The molecule has 1 N–H and O–H groups in total. The number of nitrogens with zero attached hydrogens (tertiary/aromatic N) is 1. The van der Waals surface area contributed by atoms with Crippen molar-refractivity contribution in [3.63, 3.8) is 0 Å². The second kappa shape index (κ2) is 9.20. The second-order valence-electron chi connectivity index (χ2n) is 7.88. The van der Waals surface area contributed by atoms with Crippen LogP contribution in [0.4, 0.5) is 24.5 Å². The number of amides is 2. The van der Waals surface area contributed by atoms with Gasteiger partial charge in [-0.3, -0.25) is 9.59 Å². The molecule has 2 fully saturated rings. The zero-order valence-corrected chi connectivity index (χ0v) is 17.2. The van der Waals surface area contributed by atoms with Gasteiger partial charge in [-0.15, -0.1) is 0 Å². The van der Waals surface area contributed by atoms with Crippen LogP contribution in [0.1, 0.15) is 24.8 Å². The number of ether oxygens (including phenoxy) is 2. The number of carbonyl (C=O) groups is 2. The Kier molecular flexibility index (Phi) is 6.36. The van der Waals surface area contributed by atoms with Crippen molar-refractivity contribution in [2.24, 2.45) is 5.92 Å². The van der Waals surface area contributed by atoms with Crippen molar-refractivity contribution in [3.8, 4) is 5.75 Å². The number of anilines is 2. The fraction of sp³-hybridized carbons (Fsp3) is 0.391. The molecule has 2 amide bonds. The van der Waals surface area contributed by atoms with Gasteiger partial charge in [0.1, 0.15) is 12.4 Å². The van der Waals surface area contributed by atoms with E-state index in [2.05, 4.69) is 5.32 Å². The van der Waals surface area contributed by atoms with Gasteiger partial charge in [-0.05, 0) is 43.2 Å². The minimum atomic E-state index is -4.57. The summed E-state index contributed by atoms with van der Waals surface area (Å²) in [7, 11) is 0. The molecule has 2 aromatic rings. The van der Waals surface area contributed by atoms with Gasteiger partial charge in [0.25, 0.3) is 0 Å². The maximum Gasteiger partial charge on any atom is 0.416 e. The number of hydrogen-bond donors (Lipinski definition) is 1. The van der Waals surface area contributed by atoms with Crippen molar-refractivity contribution in [2.45, 2.75) is 31.5 Å². The Labute approximate surface area is 183 Å². The maximum absolute atomic E-state index is 13.2. The van der Waals surface area contributed by atoms with E-state index in [4.69, 9.17) is 9.47 Å². The van der Waals surface area contributed by atoms with Gasteiger partial charge < -0.3 is 19.7 Å². The van der Waals surface area contributed by atoms with E-state index in [-0.39, 0.29) is 43.0 Å². The summed E-state index contributed by atoms with van der Waals surface area (Å²) < 4.78 is 50.9. The Morgan fingerprint density at radius 1 is 1.19 bits per heavy atom.